The number of benzene rings is 1. The highest BCUT2D eigenvalue weighted by atomic mass is 35.5. The second-order valence-corrected chi connectivity index (χ2v) is 8.05. The van der Waals surface area contributed by atoms with E-state index in [4.69, 9.17) is 11.6 Å². The summed E-state index contributed by atoms with van der Waals surface area (Å²) in [6.07, 6.45) is 0.791. The van der Waals surface area contributed by atoms with Crippen molar-refractivity contribution in [2.75, 3.05) is 6.54 Å². The number of halogens is 1. The zero-order chi connectivity index (χ0) is 18.2. The number of carbonyl (C=O) groups is 1. The summed E-state index contributed by atoms with van der Waals surface area (Å²) in [5, 5.41) is 20.3. The molecule has 1 aliphatic rings. The Balaban J connectivity index is 2.51. The number of hydrogen-bond donors (Lipinski definition) is 1. The normalized spacial score (nSPS) is 22.3. The predicted octanol–water partition coefficient (Wildman–Crippen LogP) is 2.43. The minimum absolute atomic E-state index is 0.0257. The Kier molecular flexibility index (Phi) is 5.17. The van der Waals surface area contributed by atoms with Crippen LogP contribution in [-0.2, 0) is 14.8 Å². The molecule has 1 heterocycles. The molecule has 0 radical (unpaired) electrons. The summed E-state index contributed by atoms with van der Waals surface area (Å²) in [4.78, 5) is 21.4. The van der Waals surface area contributed by atoms with Crippen molar-refractivity contribution in [3.63, 3.8) is 0 Å². The van der Waals surface area contributed by atoms with E-state index >= 15 is 0 Å². The van der Waals surface area contributed by atoms with E-state index in [2.05, 4.69) is 0 Å². The van der Waals surface area contributed by atoms with Gasteiger partial charge < -0.3 is 5.11 Å². The summed E-state index contributed by atoms with van der Waals surface area (Å²) >= 11 is 5.94. The molecule has 1 aliphatic heterocycles. The zero-order valence-corrected chi connectivity index (χ0v) is 14.7. The fourth-order valence-corrected chi connectivity index (χ4v) is 4.93. The lowest BCUT2D eigenvalue weighted by Crippen LogP contribution is -2.49. The summed E-state index contributed by atoms with van der Waals surface area (Å²) in [6, 6.07) is 1.38. The summed E-state index contributed by atoms with van der Waals surface area (Å²) in [5.74, 6) is -1.88. The van der Waals surface area contributed by atoms with Crippen LogP contribution < -0.4 is 0 Å². The summed E-state index contributed by atoms with van der Waals surface area (Å²) in [7, 11) is -4.09. The topological polar surface area (TPSA) is 118 Å². The average Bonchev–Trinajstić information content (AvgIpc) is 2.49. The molecule has 0 bridgehead atoms. The van der Waals surface area contributed by atoms with Gasteiger partial charge in [-0.2, -0.15) is 4.31 Å². The fourth-order valence-electron chi connectivity index (χ4n) is 2.90. The van der Waals surface area contributed by atoms with E-state index in [9.17, 15) is 28.4 Å². The number of nitro groups is 1. The van der Waals surface area contributed by atoms with Gasteiger partial charge in [-0.3, -0.25) is 14.9 Å². The Morgan fingerprint density at radius 1 is 1.46 bits per heavy atom. The molecule has 0 spiro atoms. The highest BCUT2D eigenvalue weighted by Crippen LogP contribution is 2.34. The van der Waals surface area contributed by atoms with Gasteiger partial charge in [0.1, 0.15) is 0 Å². The van der Waals surface area contributed by atoms with Gasteiger partial charge in [-0.25, -0.2) is 8.42 Å². The molecule has 24 heavy (non-hydrogen) atoms. The Labute approximate surface area is 144 Å². The van der Waals surface area contributed by atoms with Gasteiger partial charge in [-0.1, -0.05) is 11.6 Å². The van der Waals surface area contributed by atoms with Crippen molar-refractivity contribution < 1.29 is 23.2 Å². The number of piperidine rings is 1. The van der Waals surface area contributed by atoms with Gasteiger partial charge >= 0.3 is 5.97 Å². The number of nitrogens with zero attached hydrogens (tertiary/aromatic N) is 2. The maximum absolute atomic E-state index is 12.9. The van der Waals surface area contributed by atoms with Crippen molar-refractivity contribution in [3.8, 4) is 0 Å². The smallest absolute Gasteiger partial charge is 0.308 e. The van der Waals surface area contributed by atoms with E-state index in [0.29, 0.717) is 12.8 Å². The average molecular weight is 377 g/mol. The van der Waals surface area contributed by atoms with Gasteiger partial charge in [-0.15, -0.1) is 0 Å². The van der Waals surface area contributed by atoms with Gasteiger partial charge in [0.05, 0.1) is 20.8 Å². The van der Waals surface area contributed by atoms with Crippen molar-refractivity contribution in [3.05, 3.63) is 32.8 Å². The molecule has 0 amide bonds. The molecule has 1 aromatic carbocycles. The molecule has 0 aliphatic carbocycles. The third kappa shape index (κ3) is 3.24. The molecule has 2 atom stereocenters. The van der Waals surface area contributed by atoms with E-state index in [1.807, 2.05) is 0 Å². The van der Waals surface area contributed by atoms with E-state index in [1.54, 1.807) is 0 Å². The van der Waals surface area contributed by atoms with E-state index < -0.39 is 32.9 Å². The first-order valence-corrected chi connectivity index (χ1v) is 9.08. The highest BCUT2D eigenvalue weighted by molar-refractivity contribution is 7.89. The molecule has 1 aromatic rings. The van der Waals surface area contributed by atoms with Gasteiger partial charge in [-0.05, 0) is 32.8 Å². The first-order chi connectivity index (χ1) is 11.1. The Bertz CT molecular complexity index is 795. The Morgan fingerprint density at radius 3 is 2.62 bits per heavy atom. The molecule has 2 rings (SSSR count). The molecule has 1 fully saturated rings. The number of rotatable bonds is 4. The van der Waals surface area contributed by atoms with Gasteiger partial charge in [0.15, 0.2) is 0 Å². The largest absolute Gasteiger partial charge is 0.481 e. The fraction of sp³-hybridized carbons (Fsp3) is 0.500. The van der Waals surface area contributed by atoms with Crippen molar-refractivity contribution in [1.82, 2.24) is 4.31 Å². The Morgan fingerprint density at radius 2 is 2.08 bits per heavy atom. The lowest BCUT2D eigenvalue weighted by atomic mass is 9.92. The van der Waals surface area contributed by atoms with Crippen LogP contribution in [0.4, 0.5) is 5.69 Å². The maximum atomic E-state index is 12.9. The molecular weight excluding hydrogens is 360 g/mol. The number of carboxylic acids is 1. The highest BCUT2D eigenvalue weighted by Gasteiger charge is 2.40. The lowest BCUT2D eigenvalue weighted by molar-refractivity contribution is -0.385. The van der Waals surface area contributed by atoms with Crippen LogP contribution in [0.3, 0.4) is 0 Å². The van der Waals surface area contributed by atoms with E-state index in [1.165, 1.54) is 13.8 Å². The van der Waals surface area contributed by atoms with Crippen LogP contribution >= 0.6 is 11.6 Å². The zero-order valence-electron chi connectivity index (χ0n) is 13.1. The van der Waals surface area contributed by atoms with Crippen molar-refractivity contribution >= 4 is 33.3 Å². The first kappa shape index (κ1) is 18.6. The number of hydrogen-bond acceptors (Lipinski definition) is 5. The van der Waals surface area contributed by atoms with Crippen LogP contribution in [0, 0.1) is 23.0 Å². The van der Waals surface area contributed by atoms with Crippen LogP contribution in [0.1, 0.15) is 25.3 Å². The Hall–Kier alpha value is -1.71. The number of aliphatic carboxylic acids is 1. The number of sulfonamides is 1. The van der Waals surface area contributed by atoms with E-state index in [0.717, 1.165) is 16.4 Å². The van der Waals surface area contributed by atoms with Gasteiger partial charge in [0.25, 0.3) is 5.69 Å². The molecule has 0 unspecified atom stereocenters. The SMILES string of the molecule is Cc1c(Cl)cc(S(=O)(=O)N2CCC[C@@H](C(=O)O)[C@H]2C)cc1[N+](=O)[O-]. The van der Waals surface area contributed by atoms with Crippen LogP contribution in [0.25, 0.3) is 0 Å². The standard InChI is InChI=1S/C14H17ClN2O6S/c1-8-12(15)6-10(7-13(8)17(20)21)24(22,23)16-5-3-4-11(9(16)2)14(18)19/h6-7,9,11H,3-5H2,1-2H3,(H,18,19)/t9-,11-/m1/s1. The minimum Gasteiger partial charge on any atom is -0.481 e. The summed E-state index contributed by atoms with van der Waals surface area (Å²) < 4.78 is 26.8. The maximum Gasteiger partial charge on any atom is 0.308 e. The monoisotopic (exact) mass is 376 g/mol. The van der Waals surface area contributed by atoms with Crippen LogP contribution in [0.5, 0.6) is 0 Å². The summed E-state index contributed by atoms with van der Waals surface area (Å²) in [6.45, 7) is 3.12. The quantitative estimate of drug-likeness (QED) is 0.636. The molecular formula is C14H17ClN2O6S. The van der Waals surface area contributed by atoms with Crippen LogP contribution in [0.15, 0.2) is 17.0 Å². The van der Waals surface area contributed by atoms with Crippen molar-refractivity contribution in [1.29, 1.82) is 0 Å². The molecule has 132 valence electrons. The molecule has 0 aromatic heterocycles. The molecule has 10 heteroatoms. The van der Waals surface area contributed by atoms with Crippen molar-refractivity contribution in [2.24, 2.45) is 5.92 Å². The third-order valence-corrected chi connectivity index (χ3v) is 6.70. The minimum atomic E-state index is -4.09. The number of carboxylic acid groups (broad SMARTS) is 1. The van der Waals surface area contributed by atoms with Gasteiger partial charge in [0.2, 0.25) is 10.0 Å². The van der Waals surface area contributed by atoms with Gasteiger partial charge in [0, 0.05) is 24.2 Å². The lowest BCUT2D eigenvalue weighted by Gasteiger charge is -2.36. The second kappa shape index (κ2) is 6.66. The predicted molar refractivity (Wildman–Crippen MR) is 86.6 cm³/mol. The molecule has 0 saturated carbocycles. The van der Waals surface area contributed by atoms with E-state index in [-0.39, 0.29) is 27.7 Å². The second-order valence-electron chi connectivity index (χ2n) is 5.75. The number of nitro benzene ring substituents is 1. The summed E-state index contributed by atoms with van der Waals surface area (Å²) in [5.41, 5.74) is -0.212. The first-order valence-electron chi connectivity index (χ1n) is 7.26. The van der Waals surface area contributed by atoms with Crippen LogP contribution in [0.2, 0.25) is 5.02 Å². The molecule has 1 N–H and O–H groups in total. The molecule has 1 saturated heterocycles. The molecule has 8 nitrogen and oxygen atoms in total. The van der Waals surface area contributed by atoms with Crippen LogP contribution in [-0.4, -0.2) is 41.3 Å². The van der Waals surface area contributed by atoms with Crippen molar-refractivity contribution in [2.45, 2.75) is 37.6 Å². The third-order valence-electron chi connectivity index (χ3n) is 4.34.